The number of aliphatic hydroxyl groups excluding tert-OH is 1. The molecule has 1 heterocycles. The lowest BCUT2D eigenvalue weighted by atomic mass is 9.98. The van der Waals surface area contributed by atoms with E-state index in [0.717, 1.165) is 18.7 Å². The molecular formula is C15H24N2O. The quantitative estimate of drug-likeness (QED) is 0.863. The van der Waals surface area contributed by atoms with Gasteiger partial charge in [0.1, 0.15) is 0 Å². The first kappa shape index (κ1) is 13.4. The van der Waals surface area contributed by atoms with Crippen molar-refractivity contribution in [2.75, 3.05) is 24.6 Å². The minimum Gasteiger partial charge on any atom is -0.394 e. The van der Waals surface area contributed by atoms with Crippen molar-refractivity contribution in [1.29, 1.82) is 0 Å². The van der Waals surface area contributed by atoms with Gasteiger partial charge in [-0.3, -0.25) is 0 Å². The molecule has 0 bridgehead atoms. The maximum absolute atomic E-state index is 9.15. The second-order valence-corrected chi connectivity index (χ2v) is 5.34. The monoisotopic (exact) mass is 248 g/mol. The molecule has 100 valence electrons. The minimum absolute atomic E-state index is 0.00193. The highest BCUT2D eigenvalue weighted by molar-refractivity contribution is 5.60. The molecule has 3 heteroatoms. The summed E-state index contributed by atoms with van der Waals surface area (Å²) in [5, 5.41) is 9.15. The number of piperidine rings is 1. The van der Waals surface area contributed by atoms with Crippen LogP contribution in [-0.4, -0.2) is 24.8 Å². The van der Waals surface area contributed by atoms with E-state index in [9.17, 15) is 0 Å². The Morgan fingerprint density at radius 2 is 1.72 bits per heavy atom. The standard InChI is InChI=1S/C15H24N2O/c1-11-8-13(14(16)10-18)9-12(2)15(11)17-6-4-3-5-7-17/h8-9,14,18H,3-7,10,16H2,1-2H3/t14-/m1/s1. The fourth-order valence-corrected chi connectivity index (χ4v) is 2.93. The molecule has 1 aromatic rings. The van der Waals surface area contributed by atoms with Crippen LogP contribution in [0.15, 0.2) is 12.1 Å². The van der Waals surface area contributed by atoms with E-state index in [1.165, 1.54) is 36.1 Å². The zero-order valence-corrected chi connectivity index (χ0v) is 11.4. The molecule has 0 aliphatic carbocycles. The highest BCUT2D eigenvalue weighted by Gasteiger charge is 2.17. The summed E-state index contributed by atoms with van der Waals surface area (Å²) in [6.45, 7) is 6.61. The second-order valence-electron chi connectivity index (χ2n) is 5.34. The molecule has 1 saturated heterocycles. The van der Waals surface area contributed by atoms with Gasteiger partial charge < -0.3 is 15.7 Å². The summed E-state index contributed by atoms with van der Waals surface area (Å²) in [4.78, 5) is 2.49. The van der Waals surface area contributed by atoms with Gasteiger partial charge in [-0.15, -0.1) is 0 Å². The summed E-state index contributed by atoms with van der Waals surface area (Å²) in [5.74, 6) is 0. The summed E-state index contributed by atoms with van der Waals surface area (Å²) in [6, 6.07) is 3.98. The number of benzene rings is 1. The highest BCUT2D eigenvalue weighted by atomic mass is 16.3. The van der Waals surface area contributed by atoms with Gasteiger partial charge in [-0.1, -0.05) is 12.1 Å². The second kappa shape index (κ2) is 5.72. The van der Waals surface area contributed by atoms with E-state index >= 15 is 0 Å². The van der Waals surface area contributed by atoms with Crippen LogP contribution in [0.1, 0.15) is 42.0 Å². The molecule has 0 unspecified atom stereocenters. The van der Waals surface area contributed by atoms with Crippen LogP contribution < -0.4 is 10.6 Å². The largest absolute Gasteiger partial charge is 0.394 e. The van der Waals surface area contributed by atoms with Crippen molar-refractivity contribution in [2.45, 2.75) is 39.2 Å². The number of anilines is 1. The van der Waals surface area contributed by atoms with Crippen LogP contribution in [0, 0.1) is 13.8 Å². The zero-order valence-electron chi connectivity index (χ0n) is 11.4. The smallest absolute Gasteiger partial charge is 0.0624 e. The van der Waals surface area contributed by atoms with Crippen molar-refractivity contribution in [2.24, 2.45) is 5.73 Å². The molecule has 2 rings (SSSR count). The summed E-state index contributed by atoms with van der Waals surface area (Å²) in [5.41, 5.74) is 10.8. The molecule has 1 fully saturated rings. The van der Waals surface area contributed by atoms with E-state index < -0.39 is 0 Å². The zero-order chi connectivity index (χ0) is 13.1. The van der Waals surface area contributed by atoms with Crippen LogP contribution in [0.3, 0.4) is 0 Å². The topological polar surface area (TPSA) is 49.5 Å². The van der Waals surface area contributed by atoms with Gasteiger partial charge in [-0.05, 0) is 49.8 Å². The predicted molar refractivity (Wildman–Crippen MR) is 76.0 cm³/mol. The van der Waals surface area contributed by atoms with Crippen molar-refractivity contribution >= 4 is 5.69 Å². The number of nitrogens with zero attached hydrogens (tertiary/aromatic N) is 1. The summed E-state index contributed by atoms with van der Waals surface area (Å²) in [7, 11) is 0. The molecule has 0 spiro atoms. The fraction of sp³-hybridized carbons (Fsp3) is 0.600. The van der Waals surface area contributed by atoms with E-state index in [0.29, 0.717) is 0 Å². The Labute approximate surface area is 110 Å². The molecule has 3 N–H and O–H groups in total. The molecule has 1 aromatic carbocycles. The summed E-state index contributed by atoms with van der Waals surface area (Å²) < 4.78 is 0. The molecule has 0 saturated carbocycles. The first-order valence-corrected chi connectivity index (χ1v) is 6.86. The third-order valence-electron chi connectivity index (χ3n) is 3.81. The van der Waals surface area contributed by atoms with Crippen molar-refractivity contribution in [3.63, 3.8) is 0 Å². The van der Waals surface area contributed by atoms with Crippen LogP contribution in [-0.2, 0) is 0 Å². The third kappa shape index (κ3) is 2.68. The molecule has 1 aliphatic heterocycles. The van der Waals surface area contributed by atoms with E-state index in [1.807, 2.05) is 0 Å². The van der Waals surface area contributed by atoms with E-state index in [1.54, 1.807) is 0 Å². The van der Waals surface area contributed by atoms with Gasteiger partial charge in [0.05, 0.1) is 12.6 Å². The first-order chi connectivity index (χ1) is 8.63. The molecule has 0 aromatic heterocycles. The number of aliphatic hydroxyl groups is 1. The molecule has 1 aliphatic rings. The minimum atomic E-state index is -0.266. The first-order valence-electron chi connectivity index (χ1n) is 6.86. The Kier molecular flexibility index (Phi) is 4.25. The van der Waals surface area contributed by atoms with Crippen LogP contribution in [0.25, 0.3) is 0 Å². The molecule has 0 amide bonds. The highest BCUT2D eigenvalue weighted by Crippen LogP contribution is 2.30. The molecule has 18 heavy (non-hydrogen) atoms. The Bertz CT molecular complexity index is 388. The number of aryl methyl sites for hydroxylation is 2. The molecule has 1 atom stereocenters. The third-order valence-corrected chi connectivity index (χ3v) is 3.81. The summed E-state index contributed by atoms with van der Waals surface area (Å²) in [6.07, 6.45) is 3.93. The molecule has 0 radical (unpaired) electrons. The number of hydrogen-bond acceptors (Lipinski definition) is 3. The van der Waals surface area contributed by atoms with Gasteiger partial charge in [0.25, 0.3) is 0 Å². The average molecular weight is 248 g/mol. The van der Waals surface area contributed by atoms with Crippen LogP contribution >= 0.6 is 0 Å². The van der Waals surface area contributed by atoms with Crippen molar-refractivity contribution in [3.05, 3.63) is 28.8 Å². The van der Waals surface area contributed by atoms with Gasteiger partial charge in [0.2, 0.25) is 0 Å². The predicted octanol–water partition coefficient (Wildman–Crippen LogP) is 2.29. The maximum Gasteiger partial charge on any atom is 0.0624 e. The van der Waals surface area contributed by atoms with Gasteiger partial charge in [0, 0.05) is 18.8 Å². The number of nitrogens with two attached hydrogens (primary N) is 1. The molecular weight excluding hydrogens is 224 g/mol. The Morgan fingerprint density at radius 1 is 1.17 bits per heavy atom. The van der Waals surface area contributed by atoms with Crippen LogP contribution in [0.2, 0.25) is 0 Å². The number of hydrogen-bond donors (Lipinski definition) is 2. The fourth-order valence-electron chi connectivity index (χ4n) is 2.93. The maximum atomic E-state index is 9.15. The Hall–Kier alpha value is -1.06. The normalized spacial score (nSPS) is 17.9. The van der Waals surface area contributed by atoms with Crippen molar-refractivity contribution in [3.8, 4) is 0 Å². The van der Waals surface area contributed by atoms with Gasteiger partial charge in [-0.25, -0.2) is 0 Å². The van der Waals surface area contributed by atoms with E-state index in [2.05, 4.69) is 30.9 Å². The van der Waals surface area contributed by atoms with Crippen LogP contribution in [0.5, 0.6) is 0 Å². The van der Waals surface area contributed by atoms with Gasteiger partial charge in [-0.2, -0.15) is 0 Å². The Morgan fingerprint density at radius 3 is 2.22 bits per heavy atom. The van der Waals surface area contributed by atoms with Crippen LogP contribution in [0.4, 0.5) is 5.69 Å². The lowest BCUT2D eigenvalue weighted by molar-refractivity contribution is 0.268. The number of rotatable bonds is 3. The van der Waals surface area contributed by atoms with Gasteiger partial charge in [0.15, 0.2) is 0 Å². The summed E-state index contributed by atoms with van der Waals surface area (Å²) >= 11 is 0. The lowest BCUT2D eigenvalue weighted by Crippen LogP contribution is -2.30. The SMILES string of the molecule is Cc1cc([C@H](N)CO)cc(C)c1N1CCCCC1. The van der Waals surface area contributed by atoms with Crippen molar-refractivity contribution < 1.29 is 5.11 Å². The van der Waals surface area contributed by atoms with Gasteiger partial charge >= 0.3 is 0 Å². The Balaban J connectivity index is 2.31. The van der Waals surface area contributed by atoms with Crippen molar-refractivity contribution in [1.82, 2.24) is 0 Å². The lowest BCUT2D eigenvalue weighted by Gasteiger charge is -2.32. The average Bonchev–Trinajstić information content (AvgIpc) is 2.38. The molecule has 3 nitrogen and oxygen atoms in total. The van der Waals surface area contributed by atoms with E-state index in [4.69, 9.17) is 10.8 Å². The van der Waals surface area contributed by atoms with E-state index in [-0.39, 0.29) is 12.6 Å².